The van der Waals surface area contributed by atoms with E-state index in [1.807, 2.05) is 0 Å². The Morgan fingerprint density at radius 1 is 0.667 bits per heavy atom. The van der Waals surface area contributed by atoms with E-state index >= 15 is 0 Å². The first-order valence-corrected chi connectivity index (χ1v) is 13.9. The summed E-state index contributed by atoms with van der Waals surface area (Å²) >= 11 is 0. The summed E-state index contributed by atoms with van der Waals surface area (Å²) in [4.78, 5) is 0. The Kier molecular flexibility index (Phi) is 4.24. The van der Waals surface area contributed by atoms with Crippen LogP contribution < -0.4 is 14.2 Å². The summed E-state index contributed by atoms with van der Waals surface area (Å²) in [5.74, 6) is 8.05. The van der Waals surface area contributed by atoms with Gasteiger partial charge in [0.2, 0.25) is 0 Å². The minimum atomic E-state index is 0.0330. The number of benzene rings is 1. The summed E-state index contributed by atoms with van der Waals surface area (Å²) in [6.45, 7) is 1.42. The number of hydrogen-bond donors (Lipinski definition) is 0. The fraction of sp³-hybridized carbons (Fsp3) is 0.793. The maximum Gasteiger partial charge on any atom is 0.165 e. The molecule has 10 rings (SSSR count). The molecule has 0 amide bonds. The van der Waals surface area contributed by atoms with Crippen LogP contribution in [0.15, 0.2) is 18.2 Å². The van der Waals surface area contributed by atoms with E-state index in [0.717, 1.165) is 59.4 Å². The minimum absolute atomic E-state index is 0.0330. The second kappa shape index (κ2) is 7.06. The van der Waals surface area contributed by atoms with Gasteiger partial charge in [-0.05, 0) is 125 Å². The number of rotatable bonds is 7. The van der Waals surface area contributed by atoms with Crippen molar-refractivity contribution >= 4 is 0 Å². The van der Waals surface area contributed by atoms with Gasteiger partial charge in [-0.1, -0.05) is 0 Å². The molecule has 1 unspecified atom stereocenters. The highest BCUT2D eigenvalue weighted by molar-refractivity contribution is 5.46. The number of epoxide rings is 1. The molecule has 4 heteroatoms. The highest BCUT2D eigenvalue weighted by atomic mass is 16.6. The Balaban J connectivity index is 1.06. The third-order valence-electron chi connectivity index (χ3n) is 10.4. The van der Waals surface area contributed by atoms with E-state index in [0.29, 0.717) is 6.61 Å². The van der Waals surface area contributed by atoms with Gasteiger partial charge in [-0.25, -0.2) is 0 Å². The molecule has 1 aromatic carbocycles. The van der Waals surface area contributed by atoms with Gasteiger partial charge < -0.3 is 18.9 Å². The lowest BCUT2D eigenvalue weighted by Crippen LogP contribution is -2.54. The highest BCUT2D eigenvalue weighted by Crippen LogP contribution is 2.59. The first-order valence-electron chi connectivity index (χ1n) is 13.9. The average molecular weight is 451 g/mol. The Labute approximate surface area is 197 Å². The van der Waals surface area contributed by atoms with Gasteiger partial charge >= 0.3 is 0 Å². The molecule has 0 radical (unpaired) electrons. The van der Waals surface area contributed by atoms with Gasteiger partial charge in [-0.15, -0.1) is 0 Å². The van der Waals surface area contributed by atoms with E-state index in [9.17, 15) is 0 Å². The summed E-state index contributed by atoms with van der Waals surface area (Å²) in [7, 11) is 0. The molecule has 1 saturated heterocycles. The molecular weight excluding hydrogens is 412 g/mol. The van der Waals surface area contributed by atoms with Crippen molar-refractivity contribution in [2.24, 2.45) is 35.5 Å². The van der Waals surface area contributed by atoms with Crippen LogP contribution in [0.2, 0.25) is 0 Å². The molecule has 9 aliphatic rings. The third kappa shape index (κ3) is 3.58. The summed E-state index contributed by atoms with van der Waals surface area (Å²) in [6.07, 6.45) is 16.3. The molecule has 1 heterocycles. The van der Waals surface area contributed by atoms with Crippen LogP contribution in [0.1, 0.15) is 77.0 Å². The van der Waals surface area contributed by atoms with Crippen molar-refractivity contribution in [1.82, 2.24) is 0 Å². The van der Waals surface area contributed by atoms with Crippen LogP contribution in [0.3, 0.4) is 0 Å². The normalized spacial score (nSPS) is 48.2. The van der Waals surface area contributed by atoms with Crippen LogP contribution in [0, 0.1) is 35.5 Å². The Morgan fingerprint density at radius 2 is 1.15 bits per heavy atom. The average Bonchev–Trinajstić information content (AvgIpc) is 3.56. The van der Waals surface area contributed by atoms with Crippen LogP contribution in [0.5, 0.6) is 17.2 Å². The predicted octanol–water partition coefficient (Wildman–Crippen LogP) is 6.16. The van der Waals surface area contributed by atoms with Crippen molar-refractivity contribution in [2.75, 3.05) is 13.2 Å². The van der Waals surface area contributed by atoms with Gasteiger partial charge in [-0.3, -0.25) is 0 Å². The fourth-order valence-corrected chi connectivity index (χ4v) is 9.89. The van der Waals surface area contributed by atoms with Gasteiger partial charge in [0.15, 0.2) is 11.5 Å². The second-order valence-corrected chi connectivity index (χ2v) is 13.3. The van der Waals surface area contributed by atoms with Crippen LogP contribution >= 0.6 is 0 Å². The topological polar surface area (TPSA) is 40.2 Å². The van der Waals surface area contributed by atoms with E-state index in [4.69, 9.17) is 18.9 Å². The van der Waals surface area contributed by atoms with Crippen molar-refractivity contribution in [3.05, 3.63) is 18.2 Å². The van der Waals surface area contributed by atoms with Crippen molar-refractivity contribution in [1.29, 1.82) is 0 Å². The zero-order valence-electron chi connectivity index (χ0n) is 19.8. The minimum Gasteiger partial charge on any atom is -0.487 e. The molecule has 8 saturated carbocycles. The predicted molar refractivity (Wildman–Crippen MR) is 125 cm³/mol. The molecule has 4 nitrogen and oxygen atoms in total. The molecule has 33 heavy (non-hydrogen) atoms. The molecule has 1 atom stereocenters. The maximum atomic E-state index is 6.93. The van der Waals surface area contributed by atoms with Crippen molar-refractivity contribution in [3.8, 4) is 17.2 Å². The molecular formula is C29H38O4. The molecule has 8 aliphatic carbocycles. The summed E-state index contributed by atoms with van der Waals surface area (Å²) in [5.41, 5.74) is 0.0964. The molecule has 1 aromatic rings. The van der Waals surface area contributed by atoms with E-state index < -0.39 is 0 Å². The maximum absolute atomic E-state index is 6.93. The SMILES string of the molecule is c1cc(OC23CC4CC(CC(C4)C2)C3)c(OCC2CO2)cc1OC12CC3CC(CC(C3)C1)C2. The molecule has 0 spiro atoms. The standard InChI is InChI=1S/C29H38O4/c1-2-26(33-29-13-21-6-22(14-29)8-23(7-21)15-29)27(31-17-25-16-30-25)9-24(1)32-28-10-18-3-19(11-28)5-20(4-18)12-28/h1-2,9,18-23,25H,3-8,10-17H2. The van der Waals surface area contributed by atoms with E-state index in [-0.39, 0.29) is 17.3 Å². The van der Waals surface area contributed by atoms with Crippen molar-refractivity contribution < 1.29 is 18.9 Å². The number of hydrogen-bond acceptors (Lipinski definition) is 4. The van der Waals surface area contributed by atoms with Crippen molar-refractivity contribution in [3.63, 3.8) is 0 Å². The van der Waals surface area contributed by atoms with E-state index in [1.54, 1.807) is 0 Å². The van der Waals surface area contributed by atoms with E-state index in [1.165, 1.54) is 77.0 Å². The Bertz CT molecular complexity index is 863. The molecule has 0 N–H and O–H groups in total. The summed E-state index contributed by atoms with van der Waals surface area (Å²) in [6, 6.07) is 6.45. The highest BCUT2D eigenvalue weighted by Gasteiger charge is 2.54. The quantitative estimate of drug-likeness (QED) is 0.467. The largest absolute Gasteiger partial charge is 0.487 e. The first-order chi connectivity index (χ1) is 16.1. The molecule has 178 valence electrons. The smallest absolute Gasteiger partial charge is 0.165 e. The van der Waals surface area contributed by atoms with Crippen LogP contribution in [0.4, 0.5) is 0 Å². The molecule has 8 bridgehead atoms. The third-order valence-corrected chi connectivity index (χ3v) is 10.4. The Morgan fingerprint density at radius 3 is 1.64 bits per heavy atom. The van der Waals surface area contributed by atoms with Gasteiger partial charge in [0.25, 0.3) is 0 Å². The lowest BCUT2D eigenvalue weighted by molar-refractivity contribution is -0.110. The fourth-order valence-electron chi connectivity index (χ4n) is 9.89. The summed E-state index contributed by atoms with van der Waals surface area (Å²) in [5, 5.41) is 0. The second-order valence-electron chi connectivity index (χ2n) is 13.3. The van der Waals surface area contributed by atoms with Gasteiger partial charge in [0.05, 0.1) is 6.61 Å². The van der Waals surface area contributed by atoms with Gasteiger partial charge in [0, 0.05) is 6.07 Å². The lowest BCUT2D eigenvalue weighted by Gasteiger charge is -2.56. The molecule has 9 fully saturated rings. The van der Waals surface area contributed by atoms with Crippen LogP contribution in [0.25, 0.3) is 0 Å². The molecule has 0 aromatic heterocycles. The zero-order valence-corrected chi connectivity index (χ0v) is 19.8. The van der Waals surface area contributed by atoms with Crippen LogP contribution in [-0.4, -0.2) is 30.5 Å². The van der Waals surface area contributed by atoms with E-state index in [2.05, 4.69) is 18.2 Å². The molecule has 1 aliphatic heterocycles. The Hall–Kier alpha value is -1.42. The van der Waals surface area contributed by atoms with Crippen LogP contribution in [-0.2, 0) is 4.74 Å². The van der Waals surface area contributed by atoms with Gasteiger partial charge in [-0.2, -0.15) is 0 Å². The zero-order chi connectivity index (χ0) is 21.6. The van der Waals surface area contributed by atoms with Crippen molar-refractivity contribution in [2.45, 2.75) is 94.4 Å². The monoisotopic (exact) mass is 450 g/mol. The lowest BCUT2D eigenvalue weighted by atomic mass is 9.54. The van der Waals surface area contributed by atoms with Gasteiger partial charge in [0.1, 0.15) is 29.7 Å². The first kappa shape index (κ1) is 19.8. The summed E-state index contributed by atoms with van der Waals surface area (Å²) < 4.78 is 25.5. The number of ether oxygens (including phenoxy) is 4.